The SMILES string of the molecule is COc1ccc(Cc2nc(S(N)(=O)=O)cn2C)cc1. The van der Waals surface area contributed by atoms with Crippen LogP contribution in [0.3, 0.4) is 0 Å². The van der Waals surface area contributed by atoms with E-state index in [1.807, 2.05) is 24.3 Å². The zero-order valence-corrected chi connectivity index (χ0v) is 11.5. The molecule has 0 saturated heterocycles. The van der Waals surface area contributed by atoms with E-state index in [0.29, 0.717) is 12.2 Å². The van der Waals surface area contributed by atoms with Crippen LogP contribution in [0.15, 0.2) is 35.5 Å². The first kappa shape index (κ1) is 13.6. The summed E-state index contributed by atoms with van der Waals surface area (Å²) >= 11 is 0. The molecule has 1 aromatic carbocycles. The van der Waals surface area contributed by atoms with Crippen molar-refractivity contribution in [3.63, 3.8) is 0 Å². The zero-order valence-electron chi connectivity index (χ0n) is 10.7. The highest BCUT2D eigenvalue weighted by Crippen LogP contribution is 2.15. The number of imidazole rings is 1. The van der Waals surface area contributed by atoms with E-state index in [2.05, 4.69) is 4.98 Å². The van der Waals surface area contributed by atoms with Gasteiger partial charge in [-0.3, -0.25) is 0 Å². The second-order valence-corrected chi connectivity index (χ2v) is 5.68. The molecule has 2 aromatic rings. The number of sulfonamides is 1. The number of hydrogen-bond donors (Lipinski definition) is 1. The van der Waals surface area contributed by atoms with Gasteiger partial charge in [0.15, 0.2) is 5.03 Å². The van der Waals surface area contributed by atoms with Crippen molar-refractivity contribution in [2.75, 3.05) is 7.11 Å². The monoisotopic (exact) mass is 281 g/mol. The summed E-state index contributed by atoms with van der Waals surface area (Å²) in [5.74, 6) is 1.41. The molecule has 0 amide bonds. The van der Waals surface area contributed by atoms with Crippen molar-refractivity contribution in [3.05, 3.63) is 41.9 Å². The first-order chi connectivity index (χ1) is 8.90. The van der Waals surface area contributed by atoms with Gasteiger partial charge in [-0.2, -0.15) is 0 Å². The number of nitrogens with zero attached hydrogens (tertiary/aromatic N) is 2. The van der Waals surface area contributed by atoms with Crippen LogP contribution in [0.1, 0.15) is 11.4 Å². The number of benzene rings is 1. The molecule has 6 nitrogen and oxygen atoms in total. The molecule has 102 valence electrons. The summed E-state index contributed by atoms with van der Waals surface area (Å²) in [4.78, 5) is 4.04. The van der Waals surface area contributed by atoms with Gasteiger partial charge in [-0.1, -0.05) is 12.1 Å². The molecule has 0 bridgehead atoms. The van der Waals surface area contributed by atoms with Gasteiger partial charge < -0.3 is 9.30 Å². The predicted octanol–water partition coefficient (Wildman–Crippen LogP) is 0.667. The number of aryl methyl sites for hydroxylation is 1. The molecule has 0 unspecified atom stereocenters. The summed E-state index contributed by atoms with van der Waals surface area (Å²) in [6, 6.07) is 7.51. The Balaban J connectivity index is 2.25. The average molecular weight is 281 g/mol. The van der Waals surface area contributed by atoms with Gasteiger partial charge in [0, 0.05) is 19.7 Å². The van der Waals surface area contributed by atoms with Crippen LogP contribution in [0.2, 0.25) is 0 Å². The van der Waals surface area contributed by atoms with Gasteiger partial charge in [-0.25, -0.2) is 18.5 Å². The first-order valence-corrected chi connectivity index (χ1v) is 7.13. The lowest BCUT2D eigenvalue weighted by Crippen LogP contribution is -2.12. The standard InChI is InChI=1S/C12H15N3O3S/c1-15-8-12(19(13,16)17)14-11(15)7-9-3-5-10(18-2)6-4-9/h3-6,8H,7H2,1-2H3,(H2,13,16,17). The molecular formula is C12H15N3O3S. The van der Waals surface area contributed by atoms with Gasteiger partial charge in [0.2, 0.25) is 0 Å². The molecule has 2 rings (SSSR count). The normalized spacial score (nSPS) is 11.5. The Morgan fingerprint density at radius 2 is 1.95 bits per heavy atom. The van der Waals surface area contributed by atoms with Crippen LogP contribution < -0.4 is 9.88 Å². The third-order valence-corrected chi connectivity index (χ3v) is 3.54. The first-order valence-electron chi connectivity index (χ1n) is 5.58. The molecule has 0 aliphatic carbocycles. The number of methoxy groups -OCH3 is 1. The maximum Gasteiger partial charge on any atom is 0.257 e. The Kier molecular flexibility index (Phi) is 3.59. The molecule has 0 radical (unpaired) electrons. The van der Waals surface area contributed by atoms with E-state index in [-0.39, 0.29) is 5.03 Å². The van der Waals surface area contributed by atoms with Crippen molar-refractivity contribution in [3.8, 4) is 5.75 Å². The van der Waals surface area contributed by atoms with Crippen LogP contribution in [0.4, 0.5) is 0 Å². The molecule has 2 N–H and O–H groups in total. The molecule has 1 aromatic heterocycles. The lowest BCUT2D eigenvalue weighted by Gasteiger charge is -2.03. The fourth-order valence-corrected chi connectivity index (χ4v) is 2.24. The number of hydrogen-bond acceptors (Lipinski definition) is 4. The number of primary sulfonamides is 1. The highest BCUT2D eigenvalue weighted by atomic mass is 32.2. The summed E-state index contributed by atoms with van der Waals surface area (Å²) in [6.07, 6.45) is 1.93. The smallest absolute Gasteiger partial charge is 0.257 e. The van der Waals surface area contributed by atoms with E-state index in [1.54, 1.807) is 18.7 Å². The maximum absolute atomic E-state index is 11.2. The zero-order chi connectivity index (χ0) is 14.0. The van der Waals surface area contributed by atoms with E-state index in [1.165, 1.54) is 6.20 Å². The minimum Gasteiger partial charge on any atom is -0.497 e. The van der Waals surface area contributed by atoms with Gasteiger partial charge in [0.05, 0.1) is 7.11 Å². The summed E-state index contributed by atoms with van der Waals surface area (Å²) in [6.45, 7) is 0. The summed E-state index contributed by atoms with van der Waals surface area (Å²) in [7, 11) is -0.419. The van der Waals surface area contributed by atoms with Gasteiger partial charge >= 0.3 is 0 Å². The van der Waals surface area contributed by atoms with Crippen LogP contribution in [-0.4, -0.2) is 25.1 Å². The average Bonchev–Trinajstić information content (AvgIpc) is 2.72. The quantitative estimate of drug-likeness (QED) is 0.892. The topological polar surface area (TPSA) is 87.2 Å². The highest BCUT2D eigenvalue weighted by Gasteiger charge is 2.14. The van der Waals surface area contributed by atoms with Gasteiger partial charge in [-0.15, -0.1) is 0 Å². The van der Waals surface area contributed by atoms with Crippen molar-refractivity contribution < 1.29 is 13.2 Å². The lowest BCUT2D eigenvalue weighted by molar-refractivity contribution is 0.414. The van der Waals surface area contributed by atoms with Gasteiger partial charge in [0.25, 0.3) is 10.0 Å². The van der Waals surface area contributed by atoms with Crippen molar-refractivity contribution in [1.82, 2.24) is 9.55 Å². The molecule has 0 atom stereocenters. The van der Waals surface area contributed by atoms with Gasteiger partial charge in [0.1, 0.15) is 11.6 Å². The van der Waals surface area contributed by atoms with Crippen LogP contribution in [0.25, 0.3) is 0 Å². The van der Waals surface area contributed by atoms with Crippen LogP contribution in [0.5, 0.6) is 5.75 Å². The molecule has 19 heavy (non-hydrogen) atoms. The third-order valence-electron chi connectivity index (χ3n) is 2.76. The molecule has 0 fully saturated rings. The number of ether oxygens (including phenoxy) is 1. The molecule has 7 heteroatoms. The molecular weight excluding hydrogens is 266 g/mol. The molecule has 0 aliphatic rings. The molecule has 0 aliphatic heterocycles. The van der Waals surface area contributed by atoms with Gasteiger partial charge in [-0.05, 0) is 17.7 Å². The van der Waals surface area contributed by atoms with Crippen molar-refractivity contribution in [1.29, 1.82) is 0 Å². The fourth-order valence-electron chi connectivity index (χ4n) is 1.70. The Hall–Kier alpha value is -1.86. The summed E-state index contributed by atoms with van der Waals surface area (Å²) in [5.41, 5.74) is 1.01. The summed E-state index contributed by atoms with van der Waals surface area (Å²) < 4.78 is 29.2. The molecule has 0 saturated carbocycles. The van der Waals surface area contributed by atoms with E-state index in [4.69, 9.17) is 9.88 Å². The van der Waals surface area contributed by atoms with Crippen LogP contribution in [-0.2, 0) is 23.5 Å². The third kappa shape index (κ3) is 3.12. The number of aromatic nitrogens is 2. The fraction of sp³-hybridized carbons (Fsp3) is 0.250. The summed E-state index contributed by atoms with van der Waals surface area (Å²) in [5, 5.41) is 4.94. The second-order valence-electron chi connectivity index (χ2n) is 4.18. The highest BCUT2D eigenvalue weighted by molar-refractivity contribution is 7.89. The molecule has 0 spiro atoms. The second kappa shape index (κ2) is 5.02. The van der Waals surface area contributed by atoms with E-state index in [9.17, 15) is 8.42 Å². The van der Waals surface area contributed by atoms with E-state index < -0.39 is 10.0 Å². The maximum atomic E-state index is 11.2. The molecule has 1 heterocycles. The van der Waals surface area contributed by atoms with Crippen molar-refractivity contribution in [2.24, 2.45) is 12.2 Å². The minimum absolute atomic E-state index is 0.112. The Bertz CT molecular complexity index is 675. The Labute approximate surface area is 111 Å². The number of nitrogens with two attached hydrogens (primary N) is 1. The lowest BCUT2D eigenvalue weighted by atomic mass is 10.1. The Morgan fingerprint density at radius 1 is 1.32 bits per heavy atom. The van der Waals surface area contributed by atoms with Crippen molar-refractivity contribution >= 4 is 10.0 Å². The predicted molar refractivity (Wildman–Crippen MR) is 70.4 cm³/mol. The van der Waals surface area contributed by atoms with Crippen LogP contribution in [0, 0.1) is 0 Å². The van der Waals surface area contributed by atoms with Crippen LogP contribution >= 0.6 is 0 Å². The van der Waals surface area contributed by atoms with E-state index in [0.717, 1.165) is 11.3 Å². The van der Waals surface area contributed by atoms with Crippen molar-refractivity contribution in [2.45, 2.75) is 11.4 Å². The minimum atomic E-state index is -3.76. The number of rotatable bonds is 4. The Morgan fingerprint density at radius 3 is 2.42 bits per heavy atom. The van der Waals surface area contributed by atoms with E-state index >= 15 is 0 Å². The largest absolute Gasteiger partial charge is 0.497 e.